The Bertz CT molecular complexity index is 213. The second-order valence-corrected chi connectivity index (χ2v) is 6.72. The minimum atomic E-state index is -0.108. The van der Waals surface area contributed by atoms with Gasteiger partial charge in [-0.2, -0.15) is 0 Å². The number of rotatable bonds is 1. The molecule has 0 saturated heterocycles. The van der Waals surface area contributed by atoms with Gasteiger partial charge in [0.1, 0.15) is 5.60 Å². The molecule has 0 radical (unpaired) electrons. The Morgan fingerprint density at radius 2 is 1.62 bits per heavy atom. The first kappa shape index (κ1) is 9.74. The van der Waals surface area contributed by atoms with Crippen LogP contribution < -0.4 is 0 Å². The van der Waals surface area contributed by atoms with E-state index in [1.54, 1.807) is 0 Å². The molecule has 0 heterocycles. The maximum Gasteiger partial charge on any atom is 0.303 e. The summed E-state index contributed by atoms with van der Waals surface area (Å²) in [4.78, 5) is 10.9. The summed E-state index contributed by atoms with van der Waals surface area (Å²) in [7, 11) is 0. The van der Waals surface area contributed by atoms with Crippen LogP contribution in [-0.2, 0) is 9.53 Å². The number of fused-ring (bicyclic) bond motifs is 3. The quantitative estimate of drug-likeness (QED) is 0.422. The monoisotopic (exact) mass is 294 g/mol. The van der Waals surface area contributed by atoms with E-state index < -0.39 is 0 Å². The minimum absolute atomic E-state index is 0.0707. The normalized spacial score (nSPS) is 43.2. The van der Waals surface area contributed by atoms with E-state index in [1.807, 2.05) is 0 Å². The van der Waals surface area contributed by atoms with Crippen LogP contribution in [0.5, 0.6) is 0 Å². The molecule has 0 atom stereocenters. The first-order chi connectivity index (χ1) is 6.04. The fourth-order valence-electron chi connectivity index (χ4n) is 2.56. The van der Waals surface area contributed by atoms with Crippen molar-refractivity contribution < 1.29 is 9.53 Å². The largest absolute Gasteiger partial charge is 0.459 e. The summed E-state index contributed by atoms with van der Waals surface area (Å²) in [6, 6.07) is 0. The van der Waals surface area contributed by atoms with Gasteiger partial charge in [-0.25, -0.2) is 0 Å². The van der Waals surface area contributed by atoms with Gasteiger partial charge in [0.2, 0.25) is 0 Å². The van der Waals surface area contributed by atoms with Crippen LogP contribution >= 0.6 is 22.6 Å². The minimum Gasteiger partial charge on any atom is -0.459 e. The van der Waals surface area contributed by atoms with Crippen LogP contribution in [-0.4, -0.2) is 15.0 Å². The van der Waals surface area contributed by atoms with Gasteiger partial charge < -0.3 is 4.74 Å². The van der Waals surface area contributed by atoms with Crippen LogP contribution in [0.1, 0.15) is 45.4 Å². The number of esters is 1. The van der Waals surface area contributed by atoms with Crippen LogP contribution in [0.3, 0.4) is 0 Å². The van der Waals surface area contributed by atoms with Crippen LogP contribution in [0.2, 0.25) is 0 Å². The molecule has 0 aromatic heterocycles. The zero-order valence-electron chi connectivity index (χ0n) is 7.94. The third-order valence-electron chi connectivity index (χ3n) is 3.45. The van der Waals surface area contributed by atoms with Gasteiger partial charge in [0.15, 0.2) is 0 Å². The van der Waals surface area contributed by atoms with Crippen LogP contribution in [0, 0.1) is 0 Å². The average Bonchev–Trinajstić information content (AvgIpc) is 2.07. The van der Waals surface area contributed by atoms with Crippen LogP contribution in [0.15, 0.2) is 0 Å². The maximum absolute atomic E-state index is 10.9. The third-order valence-corrected chi connectivity index (χ3v) is 5.06. The molecule has 74 valence electrons. The molecule has 2 nitrogen and oxygen atoms in total. The summed E-state index contributed by atoms with van der Waals surface area (Å²) in [5, 5.41) is 0. The third kappa shape index (κ3) is 1.85. The first-order valence-corrected chi connectivity index (χ1v) is 6.00. The van der Waals surface area contributed by atoms with E-state index in [0.29, 0.717) is 3.42 Å². The van der Waals surface area contributed by atoms with Gasteiger partial charge in [0, 0.05) is 10.3 Å². The molecule has 0 unspecified atom stereocenters. The van der Waals surface area contributed by atoms with E-state index in [9.17, 15) is 4.79 Å². The van der Waals surface area contributed by atoms with E-state index in [0.717, 1.165) is 19.3 Å². The fraction of sp³-hybridized carbons (Fsp3) is 0.900. The van der Waals surface area contributed by atoms with Crippen molar-refractivity contribution in [2.75, 3.05) is 0 Å². The molecular formula is C10H15IO2. The summed E-state index contributed by atoms with van der Waals surface area (Å²) >= 11 is 2.59. The summed E-state index contributed by atoms with van der Waals surface area (Å²) in [5.74, 6) is -0.108. The molecule has 13 heavy (non-hydrogen) atoms. The van der Waals surface area contributed by atoms with E-state index in [2.05, 4.69) is 22.6 Å². The molecule has 0 aromatic carbocycles. The molecule has 0 N–H and O–H groups in total. The van der Waals surface area contributed by atoms with Crippen molar-refractivity contribution in [3.63, 3.8) is 0 Å². The van der Waals surface area contributed by atoms with Crippen molar-refractivity contribution in [1.82, 2.24) is 0 Å². The first-order valence-electron chi connectivity index (χ1n) is 4.92. The van der Waals surface area contributed by atoms with Crippen molar-refractivity contribution >= 4 is 28.6 Å². The molecule has 3 rings (SSSR count). The molecule has 0 aliphatic heterocycles. The Morgan fingerprint density at radius 1 is 1.15 bits per heavy atom. The maximum atomic E-state index is 10.9. The summed E-state index contributed by atoms with van der Waals surface area (Å²) in [6.45, 7) is 1.52. The highest BCUT2D eigenvalue weighted by atomic mass is 127. The molecule has 0 amide bonds. The Labute approximate surface area is 92.5 Å². The predicted octanol–water partition coefficient (Wildman–Crippen LogP) is 2.83. The molecule has 2 bridgehead atoms. The lowest BCUT2D eigenvalue weighted by molar-refractivity contribution is -0.166. The number of hydrogen-bond donors (Lipinski definition) is 0. The molecule has 0 spiro atoms. The van der Waals surface area contributed by atoms with Gasteiger partial charge in [-0.3, -0.25) is 4.79 Å². The van der Waals surface area contributed by atoms with E-state index in [-0.39, 0.29) is 11.6 Å². The summed E-state index contributed by atoms with van der Waals surface area (Å²) in [6.07, 6.45) is 6.91. The summed E-state index contributed by atoms with van der Waals surface area (Å²) < 4.78 is 6.00. The topological polar surface area (TPSA) is 26.3 Å². The van der Waals surface area contributed by atoms with Gasteiger partial charge in [0.05, 0.1) is 0 Å². The van der Waals surface area contributed by atoms with Gasteiger partial charge in [0.25, 0.3) is 0 Å². The van der Waals surface area contributed by atoms with Crippen molar-refractivity contribution in [3.05, 3.63) is 0 Å². The number of alkyl halides is 1. The van der Waals surface area contributed by atoms with E-state index in [1.165, 1.54) is 26.2 Å². The SMILES string of the molecule is CC(=O)OC12CCC(I)(CC1)CC2. The van der Waals surface area contributed by atoms with Crippen molar-refractivity contribution in [1.29, 1.82) is 0 Å². The molecule has 3 fully saturated rings. The zero-order valence-corrected chi connectivity index (χ0v) is 10.1. The predicted molar refractivity (Wildman–Crippen MR) is 59.0 cm³/mol. The van der Waals surface area contributed by atoms with Gasteiger partial charge in [-0.15, -0.1) is 0 Å². The van der Waals surface area contributed by atoms with Gasteiger partial charge in [-0.05, 0) is 38.5 Å². The number of ether oxygens (including phenoxy) is 1. The van der Waals surface area contributed by atoms with Gasteiger partial charge >= 0.3 is 5.97 Å². The molecule has 3 aliphatic rings. The Balaban J connectivity index is 2.07. The standard InChI is InChI=1S/C10H15IO2/c1-8(12)13-10-5-2-9(11,3-6-10)4-7-10/h2-7H2,1H3. The Hall–Kier alpha value is 0.200. The van der Waals surface area contributed by atoms with Crippen molar-refractivity contribution in [2.24, 2.45) is 0 Å². The lowest BCUT2D eigenvalue weighted by Crippen LogP contribution is -2.49. The molecule has 3 saturated carbocycles. The smallest absolute Gasteiger partial charge is 0.303 e. The highest BCUT2D eigenvalue weighted by Gasteiger charge is 2.49. The van der Waals surface area contributed by atoms with E-state index in [4.69, 9.17) is 4.74 Å². The average molecular weight is 294 g/mol. The van der Waals surface area contributed by atoms with Crippen molar-refractivity contribution in [3.8, 4) is 0 Å². The second-order valence-electron chi connectivity index (χ2n) is 4.43. The Kier molecular flexibility index (Phi) is 2.33. The zero-order chi connectivity index (χ0) is 9.53. The van der Waals surface area contributed by atoms with Crippen LogP contribution in [0.4, 0.5) is 0 Å². The lowest BCUT2D eigenvalue weighted by atomic mass is 9.67. The van der Waals surface area contributed by atoms with Gasteiger partial charge in [-0.1, -0.05) is 22.6 Å². The van der Waals surface area contributed by atoms with Crippen LogP contribution in [0.25, 0.3) is 0 Å². The number of carbonyl (C=O) groups excluding carboxylic acids is 1. The number of carbonyl (C=O) groups is 1. The number of halogens is 1. The highest BCUT2D eigenvalue weighted by molar-refractivity contribution is 14.1. The molecule has 0 aromatic rings. The second kappa shape index (κ2) is 3.11. The lowest BCUT2D eigenvalue weighted by Gasteiger charge is -2.49. The molecular weight excluding hydrogens is 279 g/mol. The molecule has 3 heteroatoms. The Morgan fingerprint density at radius 3 is 2.00 bits per heavy atom. The highest BCUT2D eigenvalue weighted by Crippen LogP contribution is 2.53. The van der Waals surface area contributed by atoms with Crippen molar-refractivity contribution in [2.45, 2.75) is 54.5 Å². The molecule has 3 aliphatic carbocycles. The number of hydrogen-bond acceptors (Lipinski definition) is 2. The van der Waals surface area contributed by atoms with E-state index >= 15 is 0 Å². The summed E-state index contributed by atoms with van der Waals surface area (Å²) in [5.41, 5.74) is -0.0707. The fourth-order valence-corrected chi connectivity index (χ4v) is 3.37.